The largest absolute Gasteiger partial charge is 0.484 e. The number of nitrogens with two attached hydrogens (primary N) is 1. The van der Waals surface area contributed by atoms with E-state index in [1.165, 1.54) is 0 Å². The Labute approximate surface area is 150 Å². The molecule has 0 saturated carbocycles. The van der Waals surface area contributed by atoms with E-state index in [2.05, 4.69) is 24.1 Å². The molecule has 1 atom stereocenters. The van der Waals surface area contributed by atoms with E-state index in [1.54, 1.807) is 24.3 Å². The van der Waals surface area contributed by atoms with Crippen LogP contribution in [0.25, 0.3) is 0 Å². The highest BCUT2D eigenvalue weighted by Gasteiger charge is 2.09. The average molecular weight is 349 g/mol. The topological polar surface area (TPSA) is 84.7 Å². The molecule has 0 unspecified atom stereocenters. The molecule has 25 heavy (non-hydrogen) atoms. The number of amides is 2. The summed E-state index contributed by atoms with van der Waals surface area (Å²) in [5.41, 5.74) is 5.97. The summed E-state index contributed by atoms with van der Waals surface area (Å²) in [5, 5.41) is 2.95. The third kappa shape index (κ3) is 9.10. The smallest absolute Gasteiger partial charge is 0.258 e. The molecule has 140 valence electrons. The molecule has 1 rings (SSSR count). The first-order valence-corrected chi connectivity index (χ1v) is 8.96. The van der Waals surface area contributed by atoms with Crippen molar-refractivity contribution in [3.63, 3.8) is 0 Å². The quantitative estimate of drug-likeness (QED) is 0.602. The van der Waals surface area contributed by atoms with Gasteiger partial charge in [0.05, 0.1) is 6.42 Å². The van der Waals surface area contributed by atoms with Gasteiger partial charge < -0.3 is 20.7 Å². The minimum Gasteiger partial charge on any atom is -0.484 e. The number of carbonyl (C=O) groups is 2. The van der Waals surface area contributed by atoms with E-state index in [-0.39, 0.29) is 30.9 Å². The van der Waals surface area contributed by atoms with Gasteiger partial charge in [0.2, 0.25) is 5.91 Å². The third-order valence-corrected chi connectivity index (χ3v) is 4.08. The van der Waals surface area contributed by atoms with Crippen LogP contribution in [0.3, 0.4) is 0 Å². The monoisotopic (exact) mass is 349 g/mol. The number of carbonyl (C=O) groups excluding carboxylic acids is 2. The van der Waals surface area contributed by atoms with Crippen molar-refractivity contribution in [3.8, 4) is 5.75 Å². The van der Waals surface area contributed by atoms with Gasteiger partial charge in [0.15, 0.2) is 6.61 Å². The Balaban J connectivity index is 2.26. The standard InChI is InChI=1S/C19H31N3O3/c1-4-22(5-2)12-6-7-15(3)21-19(24)14-25-17-10-8-16(9-11-17)13-18(20)23/h8-11,15H,4-7,12-14H2,1-3H3,(H2,20,23)(H,21,24)/t15-/m0/s1. The van der Waals surface area contributed by atoms with Crippen molar-refractivity contribution < 1.29 is 14.3 Å². The van der Waals surface area contributed by atoms with E-state index in [0.717, 1.165) is 38.0 Å². The van der Waals surface area contributed by atoms with Gasteiger partial charge in [-0.2, -0.15) is 0 Å². The minimum atomic E-state index is -0.372. The maximum atomic E-state index is 11.9. The maximum Gasteiger partial charge on any atom is 0.258 e. The highest BCUT2D eigenvalue weighted by atomic mass is 16.5. The fourth-order valence-electron chi connectivity index (χ4n) is 2.60. The first-order chi connectivity index (χ1) is 11.9. The van der Waals surface area contributed by atoms with Crippen LogP contribution < -0.4 is 15.8 Å². The van der Waals surface area contributed by atoms with Gasteiger partial charge in [-0.25, -0.2) is 0 Å². The summed E-state index contributed by atoms with van der Waals surface area (Å²) >= 11 is 0. The molecule has 0 heterocycles. The van der Waals surface area contributed by atoms with Crippen molar-refractivity contribution in [2.45, 2.75) is 46.1 Å². The highest BCUT2D eigenvalue weighted by molar-refractivity contribution is 5.78. The van der Waals surface area contributed by atoms with Crippen LogP contribution in [-0.2, 0) is 16.0 Å². The number of primary amides is 1. The molecule has 0 aromatic heterocycles. The normalized spacial score (nSPS) is 12.0. The molecule has 0 bridgehead atoms. The number of hydrogen-bond donors (Lipinski definition) is 2. The number of ether oxygens (including phenoxy) is 1. The van der Waals surface area contributed by atoms with Crippen LogP contribution in [0, 0.1) is 0 Å². The number of rotatable bonds is 12. The zero-order chi connectivity index (χ0) is 18.7. The summed E-state index contributed by atoms with van der Waals surface area (Å²) < 4.78 is 5.47. The molecule has 2 amide bonds. The average Bonchev–Trinajstić information content (AvgIpc) is 2.57. The van der Waals surface area contributed by atoms with Gasteiger partial charge >= 0.3 is 0 Å². The number of hydrogen-bond acceptors (Lipinski definition) is 4. The van der Waals surface area contributed by atoms with Crippen LogP contribution in [-0.4, -0.2) is 49.0 Å². The molecule has 3 N–H and O–H groups in total. The van der Waals surface area contributed by atoms with Crippen LogP contribution in [0.1, 0.15) is 39.2 Å². The minimum absolute atomic E-state index is 0.0183. The maximum absolute atomic E-state index is 11.9. The molecular formula is C19H31N3O3. The van der Waals surface area contributed by atoms with Gasteiger partial charge in [-0.15, -0.1) is 0 Å². The second-order valence-corrected chi connectivity index (χ2v) is 6.21. The van der Waals surface area contributed by atoms with Crippen molar-refractivity contribution in [2.24, 2.45) is 5.73 Å². The zero-order valence-electron chi connectivity index (χ0n) is 15.6. The Hall–Kier alpha value is -2.08. The second-order valence-electron chi connectivity index (χ2n) is 6.21. The molecule has 0 fully saturated rings. The summed E-state index contributed by atoms with van der Waals surface area (Å²) in [7, 11) is 0. The molecule has 1 aromatic rings. The Bertz CT molecular complexity index is 527. The zero-order valence-corrected chi connectivity index (χ0v) is 15.6. The predicted octanol–water partition coefficient (Wildman–Crippen LogP) is 1.72. The fourth-order valence-corrected chi connectivity index (χ4v) is 2.60. The Kier molecular flexibility index (Phi) is 9.62. The van der Waals surface area contributed by atoms with Crippen molar-refractivity contribution in [1.82, 2.24) is 10.2 Å². The lowest BCUT2D eigenvalue weighted by Gasteiger charge is -2.19. The molecule has 0 saturated heterocycles. The molecule has 0 aliphatic carbocycles. The first kappa shape index (κ1) is 21.0. The van der Waals surface area contributed by atoms with Crippen molar-refractivity contribution >= 4 is 11.8 Å². The van der Waals surface area contributed by atoms with E-state index in [4.69, 9.17) is 10.5 Å². The SMILES string of the molecule is CCN(CC)CCC[C@H](C)NC(=O)COc1ccc(CC(N)=O)cc1. The van der Waals surface area contributed by atoms with Crippen molar-refractivity contribution in [3.05, 3.63) is 29.8 Å². The van der Waals surface area contributed by atoms with Gasteiger partial charge in [-0.05, 0) is 57.1 Å². The summed E-state index contributed by atoms with van der Waals surface area (Å²) in [6.07, 6.45) is 2.21. The van der Waals surface area contributed by atoms with Gasteiger partial charge in [0.25, 0.3) is 5.91 Å². The molecule has 0 aliphatic rings. The van der Waals surface area contributed by atoms with Gasteiger partial charge in [0.1, 0.15) is 5.75 Å². The lowest BCUT2D eigenvalue weighted by molar-refractivity contribution is -0.123. The van der Waals surface area contributed by atoms with Gasteiger partial charge in [0, 0.05) is 6.04 Å². The van der Waals surface area contributed by atoms with Crippen LogP contribution in [0.5, 0.6) is 5.75 Å². The van der Waals surface area contributed by atoms with Crippen LogP contribution >= 0.6 is 0 Å². The lowest BCUT2D eigenvalue weighted by atomic mass is 10.1. The summed E-state index contributed by atoms with van der Waals surface area (Å²) in [4.78, 5) is 25.2. The summed E-state index contributed by atoms with van der Waals surface area (Å²) in [5.74, 6) is 0.0946. The van der Waals surface area contributed by atoms with Crippen LogP contribution in [0.2, 0.25) is 0 Å². The van der Waals surface area contributed by atoms with E-state index in [9.17, 15) is 9.59 Å². The number of nitrogens with one attached hydrogen (secondary N) is 1. The third-order valence-electron chi connectivity index (χ3n) is 4.08. The van der Waals surface area contributed by atoms with Gasteiger partial charge in [-0.3, -0.25) is 9.59 Å². The summed E-state index contributed by atoms with van der Waals surface area (Å²) in [6.45, 7) is 9.49. The van der Waals surface area contributed by atoms with E-state index < -0.39 is 0 Å². The Morgan fingerprint density at radius 1 is 1.20 bits per heavy atom. The molecule has 6 heteroatoms. The molecule has 0 spiro atoms. The Morgan fingerprint density at radius 3 is 2.40 bits per heavy atom. The van der Waals surface area contributed by atoms with Crippen LogP contribution in [0.4, 0.5) is 0 Å². The second kappa shape index (κ2) is 11.5. The van der Waals surface area contributed by atoms with E-state index >= 15 is 0 Å². The van der Waals surface area contributed by atoms with Gasteiger partial charge in [-0.1, -0.05) is 26.0 Å². The molecule has 1 aromatic carbocycles. The summed E-state index contributed by atoms with van der Waals surface area (Å²) in [6, 6.07) is 7.14. The highest BCUT2D eigenvalue weighted by Crippen LogP contribution is 2.12. The molecule has 6 nitrogen and oxygen atoms in total. The first-order valence-electron chi connectivity index (χ1n) is 8.96. The molecular weight excluding hydrogens is 318 g/mol. The Morgan fingerprint density at radius 2 is 1.84 bits per heavy atom. The lowest BCUT2D eigenvalue weighted by Crippen LogP contribution is -2.36. The van der Waals surface area contributed by atoms with Crippen molar-refractivity contribution in [1.29, 1.82) is 0 Å². The number of nitrogens with zero attached hydrogens (tertiary/aromatic N) is 1. The number of benzene rings is 1. The molecule has 0 radical (unpaired) electrons. The predicted molar refractivity (Wildman–Crippen MR) is 99.5 cm³/mol. The van der Waals surface area contributed by atoms with Crippen LogP contribution in [0.15, 0.2) is 24.3 Å². The van der Waals surface area contributed by atoms with E-state index in [1.807, 2.05) is 6.92 Å². The van der Waals surface area contributed by atoms with E-state index in [0.29, 0.717) is 5.75 Å². The molecule has 0 aliphatic heterocycles. The fraction of sp³-hybridized carbons (Fsp3) is 0.579. The van der Waals surface area contributed by atoms with Crippen molar-refractivity contribution in [2.75, 3.05) is 26.2 Å².